The normalized spacial score (nSPS) is 10.4. The van der Waals surface area contributed by atoms with E-state index in [0.29, 0.717) is 18.2 Å². The monoisotopic (exact) mass is 369 g/mol. The van der Waals surface area contributed by atoms with Crippen LogP contribution >= 0.6 is 0 Å². The van der Waals surface area contributed by atoms with Gasteiger partial charge in [0.05, 0.1) is 18.4 Å². The van der Waals surface area contributed by atoms with Gasteiger partial charge in [0.1, 0.15) is 11.4 Å². The van der Waals surface area contributed by atoms with Crippen LogP contribution in [0.3, 0.4) is 0 Å². The third-order valence-corrected chi connectivity index (χ3v) is 3.80. The third kappa shape index (κ3) is 5.64. The maximum atomic E-state index is 12.5. The van der Waals surface area contributed by atoms with E-state index in [1.165, 1.54) is 13.2 Å². The van der Waals surface area contributed by atoms with Crippen LogP contribution in [0.15, 0.2) is 42.5 Å². The van der Waals surface area contributed by atoms with Gasteiger partial charge in [-0.3, -0.25) is 9.59 Å². The van der Waals surface area contributed by atoms with Gasteiger partial charge in [-0.2, -0.15) is 0 Å². The van der Waals surface area contributed by atoms with Crippen LogP contribution in [0.1, 0.15) is 51.6 Å². The number of esters is 1. The number of para-hydroxylation sites is 1. The van der Waals surface area contributed by atoms with Gasteiger partial charge in [0.2, 0.25) is 0 Å². The second kappa shape index (κ2) is 9.47. The molecule has 7 nitrogen and oxygen atoms in total. The number of pyridine rings is 1. The fourth-order valence-corrected chi connectivity index (χ4v) is 2.32. The lowest BCUT2D eigenvalue weighted by atomic mass is 10.1. The first-order valence-corrected chi connectivity index (χ1v) is 8.66. The number of hydrogen-bond donors (Lipinski definition) is 2. The van der Waals surface area contributed by atoms with Crippen LogP contribution in [0.2, 0.25) is 0 Å². The Kier molecular flexibility index (Phi) is 7.05. The van der Waals surface area contributed by atoms with Gasteiger partial charge < -0.3 is 15.4 Å². The molecule has 142 valence electrons. The SMILES string of the molecule is COC(=O)c1ccccc1NC(=O)c1cccc(C(=O)NCCC(C)C)n1. The standard InChI is InChI=1S/C20H23N3O4/c1-13(2)11-12-21-18(24)16-9-6-10-17(22-16)19(25)23-15-8-5-4-7-14(15)20(26)27-3/h4-10,13H,11-12H2,1-3H3,(H,21,24)(H,23,25). The average Bonchev–Trinajstić information content (AvgIpc) is 2.67. The summed E-state index contributed by atoms with van der Waals surface area (Å²) in [6.45, 7) is 4.68. The Morgan fingerprint density at radius 1 is 1.00 bits per heavy atom. The van der Waals surface area contributed by atoms with Gasteiger partial charge in [0, 0.05) is 6.54 Å². The highest BCUT2D eigenvalue weighted by Gasteiger charge is 2.16. The number of aromatic nitrogens is 1. The molecule has 0 saturated heterocycles. The molecule has 0 aliphatic carbocycles. The molecule has 0 radical (unpaired) electrons. The van der Waals surface area contributed by atoms with Crippen molar-refractivity contribution in [2.45, 2.75) is 20.3 Å². The Morgan fingerprint density at radius 2 is 1.67 bits per heavy atom. The number of methoxy groups -OCH3 is 1. The molecule has 1 aromatic heterocycles. The van der Waals surface area contributed by atoms with E-state index in [1.54, 1.807) is 36.4 Å². The molecule has 7 heteroatoms. The Hall–Kier alpha value is -3.22. The predicted molar refractivity (Wildman–Crippen MR) is 102 cm³/mol. The fraction of sp³-hybridized carbons (Fsp3) is 0.300. The molecule has 2 aromatic rings. The summed E-state index contributed by atoms with van der Waals surface area (Å²) in [5, 5.41) is 5.42. The summed E-state index contributed by atoms with van der Waals surface area (Å²) >= 11 is 0. The summed E-state index contributed by atoms with van der Waals surface area (Å²) < 4.78 is 4.71. The average molecular weight is 369 g/mol. The maximum Gasteiger partial charge on any atom is 0.339 e. The fourth-order valence-electron chi connectivity index (χ4n) is 2.32. The Balaban J connectivity index is 2.12. The Bertz CT molecular complexity index is 833. The smallest absolute Gasteiger partial charge is 0.339 e. The van der Waals surface area contributed by atoms with Gasteiger partial charge in [0.15, 0.2) is 0 Å². The zero-order valence-corrected chi connectivity index (χ0v) is 15.6. The van der Waals surface area contributed by atoms with Gasteiger partial charge in [-0.05, 0) is 36.6 Å². The summed E-state index contributed by atoms with van der Waals surface area (Å²) in [5.41, 5.74) is 0.776. The highest BCUT2D eigenvalue weighted by Crippen LogP contribution is 2.17. The van der Waals surface area contributed by atoms with Crippen LogP contribution in [-0.4, -0.2) is 36.4 Å². The molecular weight excluding hydrogens is 346 g/mol. The number of ether oxygens (including phenoxy) is 1. The first kappa shape index (κ1) is 20.1. The molecule has 0 unspecified atom stereocenters. The summed E-state index contributed by atoms with van der Waals surface area (Å²) in [7, 11) is 1.27. The highest BCUT2D eigenvalue weighted by molar-refractivity contribution is 6.07. The van der Waals surface area contributed by atoms with E-state index in [1.807, 2.05) is 0 Å². The second-order valence-corrected chi connectivity index (χ2v) is 6.34. The largest absolute Gasteiger partial charge is 0.465 e. The number of benzene rings is 1. The van der Waals surface area contributed by atoms with E-state index in [9.17, 15) is 14.4 Å². The molecule has 0 spiro atoms. The quantitative estimate of drug-likeness (QED) is 0.732. The molecule has 0 aliphatic rings. The van der Waals surface area contributed by atoms with E-state index < -0.39 is 11.9 Å². The van der Waals surface area contributed by atoms with Gasteiger partial charge in [-0.1, -0.05) is 32.0 Å². The van der Waals surface area contributed by atoms with E-state index in [-0.39, 0.29) is 22.9 Å². The van der Waals surface area contributed by atoms with Crippen molar-refractivity contribution in [2.24, 2.45) is 5.92 Å². The lowest BCUT2D eigenvalue weighted by molar-refractivity contribution is 0.0601. The molecule has 0 saturated carbocycles. The van der Waals surface area contributed by atoms with Crippen molar-refractivity contribution in [1.82, 2.24) is 10.3 Å². The van der Waals surface area contributed by atoms with E-state index in [0.717, 1.165) is 6.42 Å². The van der Waals surface area contributed by atoms with E-state index >= 15 is 0 Å². The molecule has 1 aromatic carbocycles. The number of carbonyl (C=O) groups excluding carboxylic acids is 3. The summed E-state index contributed by atoms with van der Waals surface area (Å²) in [4.78, 5) is 40.6. The van der Waals surface area contributed by atoms with Crippen molar-refractivity contribution < 1.29 is 19.1 Å². The minimum absolute atomic E-state index is 0.0752. The number of amides is 2. The van der Waals surface area contributed by atoms with Gasteiger partial charge >= 0.3 is 5.97 Å². The van der Waals surface area contributed by atoms with Crippen molar-refractivity contribution in [3.8, 4) is 0 Å². The molecule has 27 heavy (non-hydrogen) atoms. The van der Waals surface area contributed by atoms with E-state index in [4.69, 9.17) is 4.74 Å². The number of carbonyl (C=O) groups is 3. The number of anilines is 1. The van der Waals surface area contributed by atoms with Crippen molar-refractivity contribution in [3.63, 3.8) is 0 Å². The van der Waals surface area contributed by atoms with Crippen LogP contribution in [0.5, 0.6) is 0 Å². The lowest BCUT2D eigenvalue weighted by Crippen LogP contribution is -2.27. The molecule has 0 aliphatic heterocycles. The van der Waals surface area contributed by atoms with Gasteiger partial charge in [-0.25, -0.2) is 9.78 Å². The summed E-state index contributed by atoms with van der Waals surface area (Å²) in [6.07, 6.45) is 0.857. The number of nitrogens with one attached hydrogen (secondary N) is 2. The van der Waals surface area contributed by atoms with Crippen molar-refractivity contribution in [3.05, 3.63) is 59.4 Å². The highest BCUT2D eigenvalue weighted by atomic mass is 16.5. The molecule has 2 amide bonds. The van der Waals surface area contributed by atoms with Crippen molar-refractivity contribution in [1.29, 1.82) is 0 Å². The van der Waals surface area contributed by atoms with Crippen LogP contribution < -0.4 is 10.6 Å². The molecule has 0 fully saturated rings. The first-order valence-electron chi connectivity index (χ1n) is 8.66. The molecule has 0 bridgehead atoms. The molecule has 2 N–H and O–H groups in total. The van der Waals surface area contributed by atoms with Crippen LogP contribution in [0, 0.1) is 5.92 Å². The predicted octanol–water partition coefficient (Wildman–Crippen LogP) is 2.90. The van der Waals surface area contributed by atoms with Crippen molar-refractivity contribution >= 4 is 23.5 Å². The second-order valence-electron chi connectivity index (χ2n) is 6.34. The minimum Gasteiger partial charge on any atom is -0.465 e. The van der Waals surface area contributed by atoms with Gasteiger partial charge in [-0.15, -0.1) is 0 Å². The Labute approximate surface area is 158 Å². The first-order chi connectivity index (χ1) is 12.9. The number of rotatable bonds is 7. The number of hydrogen-bond acceptors (Lipinski definition) is 5. The Morgan fingerprint density at radius 3 is 2.33 bits per heavy atom. The third-order valence-electron chi connectivity index (χ3n) is 3.80. The molecule has 0 atom stereocenters. The topological polar surface area (TPSA) is 97.4 Å². The van der Waals surface area contributed by atoms with Crippen molar-refractivity contribution in [2.75, 3.05) is 19.0 Å². The van der Waals surface area contributed by atoms with Crippen LogP contribution in [0.4, 0.5) is 5.69 Å². The number of nitrogens with zero attached hydrogens (tertiary/aromatic N) is 1. The van der Waals surface area contributed by atoms with Crippen LogP contribution in [-0.2, 0) is 4.74 Å². The molecule has 2 rings (SSSR count). The van der Waals surface area contributed by atoms with Crippen LogP contribution in [0.25, 0.3) is 0 Å². The summed E-state index contributed by atoms with van der Waals surface area (Å²) in [6, 6.07) is 11.1. The zero-order valence-electron chi connectivity index (χ0n) is 15.6. The maximum absolute atomic E-state index is 12.5. The summed E-state index contributed by atoms with van der Waals surface area (Å²) in [5.74, 6) is -0.939. The zero-order chi connectivity index (χ0) is 19.8. The van der Waals surface area contributed by atoms with Gasteiger partial charge in [0.25, 0.3) is 11.8 Å². The molecular formula is C20H23N3O4. The lowest BCUT2D eigenvalue weighted by Gasteiger charge is -2.10. The molecule has 1 heterocycles. The van der Waals surface area contributed by atoms with E-state index in [2.05, 4.69) is 29.5 Å². The minimum atomic E-state index is -0.558.